The lowest BCUT2D eigenvalue weighted by molar-refractivity contribution is -0.117. The van der Waals surface area contributed by atoms with Crippen molar-refractivity contribution >= 4 is 22.7 Å². The first-order valence-electron chi connectivity index (χ1n) is 4.15. The van der Waals surface area contributed by atoms with E-state index < -0.39 is 22.7 Å². The second-order valence-electron chi connectivity index (χ2n) is 2.83. The van der Waals surface area contributed by atoms with Crippen LogP contribution in [0, 0.1) is 0 Å². The lowest BCUT2D eigenvalue weighted by atomic mass is 10.3. The third kappa shape index (κ3) is 6.55. The van der Waals surface area contributed by atoms with Crippen molar-refractivity contribution in [3.8, 4) is 0 Å². The zero-order valence-electron chi connectivity index (χ0n) is 7.99. The van der Waals surface area contributed by atoms with Gasteiger partial charge in [0.15, 0.2) is 0 Å². The highest BCUT2D eigenvalue weighted by Crippen LogP contribution is 1.91. The summed E-state index contributed by atoms with van der Waals surface area (Å²) in [4.78, 5) is 21.1. The minimum Gasteiger partial charge on any atom is -0.351 e. The quantitative estimate of drug-likeness (QED) is 0.533. The molecule has 0 bridgehead atoms. The summed E-state index contributed by atoms with van der Waals surface area (Å²) in [6.45, 7) is 1.87. The number of imide groups is 1. The van der Waals surface area contributed by atoms with Gasteiger partial charge in [0.2, 0.25) is 5.91 Å². The molecular formula is C7H15N3O3S. The minimum atomic E-state index is -1.34. The number of nitrogens with one attached hydrogen (secondary N) is 1. The van der Waals surface area contributed by atoms with Crippen molar-refractivity contribution in [3.63, 3.8) is 0 Å². The monoisotopic (exact) mass is 221 g/mol. The van der Waals surface area contributed by atoms with E-state index in [4.69, 9.17) is 11.5 Å². The van der Waals surface area contributed by atoms with Gasteiger partial charge in [-0.1, -0.05) is 6.92 Å². The fourth-order valence-corrected chi connectivity index (χ4v) is 1.93. The molecule has 0 aromatic carbocycles. The van der Waals surface area contributed by atoms with E-state index in [1.807, 2.05) is 12.2 Å². The normalized spacial score (nSPS) is 14.4. The fraction of sp³-hybridized carbons (Fsp3) is 0.714. The Morgan fingerprint density at radius 3 is 2.50 bits per heavy atom. The van der Waals surface area contributed by atoms with Gasteiger partial charge in [0, 0.05) is 22.6 Å². The van der Waals surface area contributed by atoms with Gasteiger partial charge in [0.25, 0.3) is 0 Å². The summed E-state index contributed by atoms with van der Waals surface area (Å²) >= 11 is 0. The number of rotatable bonds is 5. The average molecular weight is 221 g/mol. The summed E-state index contributed by atoms with van der Waals surface area (Å²) in [6.07, 6.45) is 0.698. The largest absolute Gasteiger partial charge is 0.351 e. The molecular weight excluding hydrogens is 206 g/mol. The molecule has 14 heavy (non-hydrogen) atoms. The second-order valence-corrected chi connectivity index (χ2v) is 4.33. The molecule has 6 nitrogen and oxygen atoms in total. The summed E-state index contributed by atoms with van der Waals surface area (Å²) in [6, 6.07) is -1.12. The van der Waals surface area contributed by atoms with Gasteiger partial charge < -0.3 is 11.5 Å². The van der Waals surface area contributed by atoms with E-state index in [-0.39, 0.29) is 17.5 Å². The Labute approximate surface area is 84.9 Å². The minimum absolute atomic E-state index is 0.183. The van der Waals surface area contributed by atoms with Crippen molar-refractivity contribution in [1.82, 2.24) is 5.32 Å². The number of primary amides is 1. The Morgan fingerprint density at radius 2 is 2.07 bits per heavy atom. The molecule has 82 valence electrons. The molecule has 0 aromatic heterocycles. The highest BCUT2D eigenvalue weighted by molar-refractivity contribution is 7.85. The lowest BCUT2D eigenvalue weighted by Gasteiger charge is -2.07. The summed E-state index contributed by atoms with van der Waals surface area (Å²) in [7, 11) is -1.34. The van der Waals surface area contributed by atoms with Crippen LogP contribution in [0.3, 0.4) is 0 Å². The van der Waals surface area contributed by atoms with Crippen LogP contribution in [-0.2, 0) is 15.6 Å². The maximum Gasteiger partial charge on any atom is 0.318 e. The van der Waals surface area contributed by atoms with E-state index in [2.05, 4.69) is 0 Å². The lowest BCUT2D eigenvalue weighted by Crippen LogP contribution is -2.39. The number of hydrogen-bond acceptors (Lipinski definition) is 4. The van der Waals surface area contributed by atoms with Crippen LogP contribution in [0.4, 0.5) is 4.79 Å². The van der Waals surface area contributed by atoms with Crippen LogP contribution < -0.4 is 16.8 Å². The Bertz CT molecular complexity index is 244. The molecule has 3 amide bonds. The second kappa shape index (κ2) is 6.50. The highest BCUT2D eigenvalue weighted by atomic mass is 32.2. The van der Waals surface area contributed by atoms with Crippen molar-refractivity contribution in [1.29, 1.82) is 0 Å². The van der Waals surface area contributed by atoms with Crippen molar-refractivity contribution in [2.45, 2.75) is 19.4 Å². The highest BCUT2D eigenvalue weighted by Gasteiger charge is 2.11. The van der Waals surface area contributed by atoms with E-state index in [9.17, 15) is 13.8 Å². The predicted octanol–water partition coefficient (Wildman–Crippen LogP) is -1.33. The van der Waals surface area contributed by atoms with Crippen molar-refractivity contribution < 1.29 is 13.8 Å². The first-order valence-corrected chi connectivity index (χ1v) is 5.64. The number of hydrogen-bond donors (Lipinski definition) is 3. The molecule has 0 aliphatic rings. The van der Waals surface area contributed by atoms with Gasteiger partial charge >= 0.3 is 6.03 Å². The molecule has 0 radical (unpaired) electrons. The van der Waals surface area contributed by atoms with Crippen molar-refractivity contribution in [2.75, 3.05) is 11.5 Å². The van der Waals surface area contributed by atoms with Crippen LogP contribution in [0.25, 0.3) is 0 Å². The van der Waals surface area contributed by atoms with Gasteiger partial charge in [0.1, 0.15) is 5.75 Å². The molecule has 0 heterocycles. The number of amides is 3. The Kier molecular flexibility index (Phi) is 6.06. The van der Waals surface area contributed by atoms with E-state index in [1.54, 1.807) is 0 Å². The average Bonchev–Trinajstić information content (AvgIpc) is 2.01. The third-order valence-electron chi connectivity index (χ3n) is 1.48. The van der Waals surface area contributed by atoms with Crippen LogP contribution >= 0.6 is 0 Å². The standard InChI is InChI=1S/C7H15N3O3S/c1-2-5(8)3-14(13)4-6(11)10-7(9)12/h5H,2-4,8H2,1H3,(H3,9,10,11,12). The fourth-order valence-electron chi connectivity index (χ4n) is 0.735. The van der Waals surface area contributed by atoms with Gasteiger partial charge in [-0.3, -0.25) is 14.3 Å². The van der Waals surface area contributed by atoms with Crippen LogP contribution in [0.2, 0.25) is 0 Å². The Morgan fingerprint density at radius 1 is 1.50 bits per heavy atom. The predicted molar refractivity (Wildman–Crippen MR) is 53.9 cm³/mol. The van der Waals surface area contributed by atoms with Crippen LogP contribution in [0.1, 0.15) is 13.3 Å². The molecule has 0 spiro atoms. The Balaban J connectivity index is 3.82. The molecule has 5 N–H and O–H groups in total. The number of nitrogens with two attached hydrogens (primary N) is 2. The maximum absolute atomic E-state index is 11.2. The molecule has 0 aromatic rings. The van der Waals surface area contributed by atoms with Gasteiger partial charge in [-0.15, -0.1) is 0 Å². The van der Waals surface area contributed by atoms with Crippen molar-refractivity contribution in [3.05, 3.63) is 0 Å². The van der Waals surface area contributed by atoms with Gasteiger partial charge in [0.05, 0.1) is 0 Å². The zero-order chi connectivity index (χ0) is 11.1. The molecule has 2 atom stereocenters. The number of carbonyl (C=O) groups is 2. The number of urea groups is 1. The molecule has 0 aliphatic heterocycles. The van der Waals surface area contributed by atoms with Gasteiger partial charge in [-0.2, -0.15) is 0 Å². The van der Waals surface area contributed by atoms with E-state index >= 15 is 0 Å². The first-order chi connectivity index (χ1) is 6.45. The van der Waals surface area contributed by atoms with Crippen LogP contribution in [0.5, 0.6) is 0 Å². The van der Waals surface area contributed by atoms with E-state index in [0.717, 1.165) is 0 Å². The molecule has 2 unspecified atom stereocenters. The van der Waals surface area contributed by atoms with Gasteiger partial charge in [-0.25, -0.2) is 4.79 Å². The summed E-state index contributed by atoms with van der Waals surface area (Å²) in [5, 5.41) is 1.83. The summed E-state index contributed by atoms with van der Waals surface area (Å²) in [5.41, 5.74) is 10.2. The van der Waals surface area contributed by atoms with Crippen LogP contribution in [-0.4, -0.2) is 33.7 Å². The smallest absolute Gasteiger partial charge is 0.318 e. The SMILES string of the molecule is CCC(N)CS(=O)CC(=O)NC(N)=O. The molecule has 7 heteroatoms. The van der Waals surface area contributed by atoms with E-state index in [0.29, 0.717) is 6.42 Å². The third-order valence-corrected chi connectivity index (χ3v) is 2.86. The van der Waals surface area contributed by atoms with Gasteiger partial charge in [-0.05, 0) is 6.42 Å². The van der Waals surface area contributed by atoms with E-state index in [1.165, 1.54) is 0 Å². The first kappa shape index (κ1) is 13.1. The topological polar surface area (TPSA) is 115 Å². The molecule has 0 rings (SSSR count). The number of carbonyl (C=O) groups excluding carboxylic acids is 2. The zero-order valence-corrected chi connectivity index (χ0v) is 8.80. The summed E-state index contributed by atoms with van der Waals surface area (Å²) < 4.78 is 11.2. The molecule has 0 saturated heterocycles. The molecule has 0 fully saturated rings. The Hall–Kier alpha value is -0.950. The maximum atomic E-state index is 11.2. The molecule has 0 aliphatic carbocycles. The van der Waals surface area contributed by atoms with Crippen LogP contribution in [0.15, 0.2) is 0 Å². The molecule has 0 saturated carbocycles. The van der Waals surface area contributed by atoms with Crippen molar-refractivity contribution in [2.24, 2.45) is 11.5 Å². The summed E-state index contributed by atoms with van der Waals surface area (Å²) in [5.74, 6) is -0.626.